The highest BCUT2D eigenvalue weighted by molar-refractivity contribution is 9.10. The van der Waals surface area contributed by atoms with Gasteiger partial charge in [0.1, 0.15) is 17.5 Å². The molecule has 0 aliphatic rings. The molecule has 2 aromatic carbocycles. The predicted molar refractivity (Wildman–Crippen MR) is 75.8 cm³/mol. The van der Waals surface area contributed by atoms with Gasteiger partial charge in [-0.15, -0.1) is 0 Å². The molecular formula is C15H13BrF3N. The van der Waals surface area contributed by atoms with Crippen LogP contribution in [-0.2, 0) is 12.8 Å². The van der Waals surface area contributed by atoms with E-state index in [9.17, 15) is 13.2 Å². The zero-order valence-corrected chi connectivity index (χ0v) is 12.1. The van der Waals surface area contributed by atoms with Crippen molar-refractivity contribution in [2.45, 2.75) is 18.9 Å². The Morgan fingerprint density at radius 3 is 2.35 bits per heavy atom. The Morgan fingerprint density at radius 2 is 1.65 bits per heavy atom. The second kappa shape index (κ2) is 6.41. The van der Waals surface area contributed by atoms with E-state index in [1.165, 1.54) is 18.2 Å². The van der Waals surface area contributed by atoms with Crippen LogP contribution in [0.1, 0.15) is 11.1 Å². The highest BCUT2D eigenvalue weighted by atomic mass is 79.9. The Kier molecular flexibility index (Phi) is 4.83. The maximum Gasteiger partial charge on any atom is 0.143 e. The molecular weight excluding hydrogens is 331 g/mol. The second-order valence-corrected chi connectivity index (χ2v) is 5.44. The Morgan fingerprint density at radius 1 is 0.950 bits per heavy atom. The topological polar surface area (TPSA) is 26.0 Å². The molecule has 2 N–H and O–H groups in total. The van der Waals surface area contributed by atoms with Gasteiger partial charge in [0.05, 0.1) is 4.47 Å². The van der Waals surface area contributed by atoms with Crippen molar-refractivity contribution in [2.24, 2.45) is 5.73 Å². The van der Waals surface area contributed by atoms with Crippen LogP contribution in [0.5, 0.6) is 0 Å². The Balaban J connectivity index is 2.15. The minimum atomic E-state index is -0.658. The molecule has 0 radical (unpaired) electrons. The third-order valence-electron chi connectivity index (χ3n) is 3.05. The lowest BCUT2D eigenvalue weighted by atomic mass is 9.99. The average Bonchev–Trinajstić information content (AvgIpc) is 2.42. The summed E-state index contributed by atoms with van der Waals surface area (Å²) in [7, 11) is 0. The Bertz CT molecular complexity index is 616. The molecule has 0 saturated carbocycles. The van der Waals surface area contributed by atoms with Crippen molar-refractivity contribution in [3.63, 3.8) is 0 Å². The monoisotopic (exact) mass is 343 g/mol. The lowest BCUT2D eigenvalue weighted by molar-refractivity contribution is 0.525. The molecule has 0 aromatic heterocycles. The van der Waals surface area contributed by atoms with Crippen LogP contribution in [-0.4, -0.2) is 6.04 Å². The summed E-state index contributed by atoms with van der Waals surface area (Å²) in [5.41, 5.74) is 6.24. The minimum absolute atomic E-state index is 0.00540. The van der Waals surface area contributed by atoms with E-state index in [2.05, 4.69) is 15.9 Å². The van der Waals surface area contributed by atoms with E-state index in [0.717, 1.165) is 0 Å². The van der Waals surface area contributed by atoms with Crippen molar-refractivity contribution in [1.82, 2.24) is 0 Å². The van der Waals surface area contributed by atoms with Crippen LogP contribution in [0.3, 0.4) is 0 Å². The van der Waals surface area contributed by atoms with E-state index in [4.69, 9.17) is 5.73 Å². The summed E-state index contributed by atoms with van der Waals surface area (Å²) in [6, 6.07) is 8.15. The maximum absolute atomic E-state index is 13.8. The predicted octanol–water partition coefficient (Wildman–Crippen LogP) is 3.98. The summed E-state index contributed by atoms with van der Waals surface area (Å²) in [6.45, 7) is 0. The van der Waals surface area contributed by atoms with E-state index in [0.29, 0.717) is 5.56 Å². The zero-order valence-electron chi connectivity index (χ0n) is 10.5. The molecule has 0 spiro atoms. The number of rotatable bonds is 4. The van der Waals surface area contributed by atoms with Gasteiger partial charge in [-0.1, -0.05) is 18.2 Å². The van der Waals surface area contributed by atoms with Gasteiger partial charge in [-0.2, -0.15) is 0 Å². The van der Waals surface area contributed by atoms with Gasteiger partial charge >= 0.3 is 0 Å². The third kappa shape index (κ3) is 3.41. The van der Waals surface area contributed by atoms with Crippen molar-refractivity contribution in [1.29, 1.82) is 0 Å². The van der Waals surface area contributed by atoms with Gasteiger partial charge < -0.3 is 5.73 Å². The van der Waals surface area contributed by atoms with Crippen molar-refractivity contribution in [3.05, 3.63) is 69.4 Å². The highest BCUT2D eigenvalue weighted by Gasteiger charge is 2.16. The summed E-state index contributed by atoms with van der Waals surface area (Å²) >= 11 is 3.01. The first-order chi connectivity index (χ1) is 9.49. The van der Waals surface area contributed by atoms with Crippen molar-refractivity contribution in [3.8, 4) is 0 Å². The molecule has 2 aromatic rings. The molecule has 20 heavy (non-hydrogen) atoms. The fourth-order valence-electron chi connectivity index (χ4n) is 2.04. The van der Waals surface area contributed by atoms with Gasteiger partial charge in [-0.3, -0.25) is 0 Å². The summed E-state index contributed by atoms with van der Waals surface area (Å²) in [4.78, 5) is 0. The molecule has 2 rings (SSSR count). The van der Waals surface area contributed by atoms with E-state index >= 15 is 0 Å². The van der Waals surface area contributed by atoms with Gasteiger partial charge in [-0.05, 0) is 52.5 Å². The SMILES string of the molecule is NC(Cc1ccccc1F)Cc1c(F)ccc(Br)c1F. The number of benzene rings is 2. The van der Waals surface area contributed by atoms with Gasteiger partial charge in [0.15, 0.2) is 0 Å². The first-order valence-corrected chi connectivity index (χ1v) is 6.89. The van der Waals surface area contributed by atoms with Gasteiger partial charge in [0.2, 0.25) is 0 Å². The number of halogens is 4. The molecule has 0 heterocycles. The molecule has 106 valence electrons. The van der Waals surface area contributed by atoms with Crippen LogP contribution < -0.4 is 5.73 Å². The summed E-state index contributed by atoms with van der Waals surface area (Å²) in [5, 5.41) is 0. The zero-order chi connectivity index (χ0) is 14.7. The number of nitrogens with two attached hydrogens (primary N) is 1. The number of hydrogen-bond donors (Lipinski definition) is 1. The maximum atomic E-state index is 13.8. The number of hydrogen-bond acceptors (Lipinski definition) is 1. The molecule has 0 fully saturated rings. The fraction of sp³-hybridized carbons (Fsp3) is 0.200. The van der Waals surface area contributed by atoms with E-state index in [1.54, 1.807) is 18.2 Å². The fourth-order valence-corrected chi connectivity index (χ4v) is 2.41. The average molecular weight is 344 g/mol. The third-order valence-corrected chi connectivity index (χ3v) is 3.66. The van der Waals surface area contributed by atoms with Crippen molar-refractivity contribution in [2.75, 3.05) is 0 Å². The van der Waals surface area contributed by atoms with Crippen LogP contribution in [0.2, 0.25) is 0 Å². The van der Waals surface area contributed by atoms with Crippen molar-refractivity contribution >= 4 is 15.9 Å². The molecule has 0 amide bonds. The molecule has 0 bridgehead atoms. The van der Waals surface area contributed by atoms with Crippen LogP contribution in [0.25, 0.3) is 0 Å². The Hall–Kier alpha value is -1.33. The van der Waals surface area contributed by atoms with Gasteiger partial charge in [-0.25, -0.2) is 13.2 Å². The lowest BCUT2D eigenvalue weighted by Gasteiger charge is -2.14. The molecule has 1 atom stereocenters. The molecule has 1 unspecified atom stereocenters. The quantitative estimate of drug-likeness (QED) is 0.835. The molecule has 0 aliphatic carbocycles. The normalized spacial score (nSPS) is 12.4. The summed E-state index contributed by atoms with van der Waals surface area (Å²) < 4.78 is 41.1. The minimum Gasteiger partial charge on any atom is -0.327 e. The van der Waals surface area contributed by atoms with Crippen LogP contribution in [0.15, 0.2) is 40.9 Å². The smallest absolute Gasteiger partial charge is 0.143 e. The second-order valence-electron chi connectivity index (χ2n) is 4.58. The molecule has 0 aliphatic heterocycles. The standard InChI is InChI=1S/C15H13BrF3N/c16-12-5-6-14(18)11(15(12)19)8-10(20)7-9-3-1-2-4-13(9)17/h1-6,10H,7-8,20H2. The summed E-state index contributed by atoms with van der Waals surface area (Å²) in [5.74, 6) is -1.66. The highest BCUT2D eigenvalue weighted by Crippen LogP contribution is 2.23. The first kappa shape index (κ1) is 15.1. The largest absolute Gasteiger partial charge is 0.327 e. The molecule has 1 nitrogen and oxygen atoms in total. The van der Waals surface area contributed by atoms with Crippen LogP contribution in [0, 0.1) is 17.5 Å². The molecule has 0 saturated heterocycles. The van der Waals surface area contributed by atoms with E-state index in [-0.39, 0.29) is 28.7 Å². The molecule has 5 heteroatoms. The van der Waals surface area contributed by atoms with Gasteiger partial charge in [0, 0.05) is 11.6 Å². The van der Waals surface area contributed by atoms with Crippen LogP contribution in [0.4, 0.5) is 13.2 Å². The van der Waals surface area contributed by atoms with Crippen molar-refractivity contribution < 1.29 is 13.2 Å². The van der Waals surface area contributed by atoms with Gasteiger partial charge in [0.25, 0.3) is 0 Å². The van der Waals surface area contributed by atoms with Crippen LogP contribution >= 0.6 is 15.9 Å². The Labute approximate surface area is 123 Å². The summed E-state index contributed by atoms with van der Waals surface area (Å²) in [6.07, 6.45) is 0.226. The van der Waals surface area contributed by atoms with E-state index < -0.39 is 17.7 Å². The lowest BCUT2D eigenvalue weighted by Crippen LogP contribution is -2.27. The van der Waals surface area contributed by atoms with E-state index in [1.807, 2.05) is 0 Å². The first-order valence-electron chi connectivity index (χ1n) is 6.10.